The molecule has 2 heterocycles. The van der Waals surface area contributed by atoms with Crippen LogP contribution in [0.5, 0.6) is 23.0 Å². The summed E-state index contributed by atoms with van der Waals surface area (Å²) in [6.07, 6.45) is 1.62. The van der Waals surface area contributed by atoms with Crippen LogP contribution in [0, 0.1) is 25.7 Å². The van der Waals surface area contributed by atoms with Crippen LogP contribution in [0.25, 0.3) is 0 Å². The molecule has 4 heteroatoms. The van der Waals surface area contributed by atoms with E-state index in [1.54, 1.807) is 12.1 Å². The summed E-state index contributed by atoms with van der Waals surface area (Å²) in [6.45, 7) is 8.04. The van der Waals surface area contributed by atoms with Crippen molar-refractivity contribution in [3.05, 3.63) is 46.5 Å². The minimum absolute atomic E-state index is 0.119. The first-order valence-corrected chi connectivity index (χ1v) is 8.83. The molecule has 1 spiro atoms. The number of phenols is 2. The third-order valence-corrected chi connectivity index (χ3v) is 5.72. The molecule has 3 atom stereocenters. The molecule has 2 aromatic rings. The van der Waals surface area contributed by atoms with Crippen LogP contribution >= 0.6 is 0 Å². The van der Waals surface area contributed by atoms with Gasteiger partial charge in [0, 0.05) is 17.9 Å². The molecule has 2 aliphatic heterocycles. The monoisotopic (exact) mass is 340 g/mol. The van der Waals surface area contributed by atoms with Gasteiger partial charge in [-0.15, -0.1) is 0 Å². The lowest BCUT2D eigenvalue weighted by Crippen LogP contribution is -2.58. The summed E-state index contributed by atoms with van der Waals surface area (Å²) >= 11 is 0. The van der Waals surface area contributed by atoms with Gasteiger partial charge in [0.2, 0.25) is 0 Å². The summed E-state index contributed by atoms with van der Waals surface area (Å²) < 4.78 is 12.8. The minimum Gasteiger partial charge on any atom is -0.508 e. The highest BCUT2D eigenvalue weighted by atomic mass is 16.7. The van der Waals surface area contributed by atoms with Gasteiger partial charge < -0.3 is 19.7 Å². The summed E-state index contributed by atoms with van der Waals surface area (Å²) in [4.78, 5) is 0. The number of benzene rings is 2. The molecule has 132 valence electrons. The van der Waals surface area contributed by atoms with Crippen molar-refractivity contribution < 1.29 is 19.7 Å². The van der Waals surface area contributed by atoms with E-state index in [0.29, 0.717) is 11.5 Å². The fourth-order valence-electron chi connectivity index (χ4n) is 4.16. The maximum Gasteiger partial charge on any atom is 0.256 e. The van der Waals surface area contributed by atoms with E-state index in [2.05, 4.69) is 13.8 Å². The average molecular weight is 340 g/mol. The van der Waals surface area contributed by atoms with Crippen LogP contribution in [0.1, 0.15) is 36.1 Å². The standard InChI is InChI=1S/C21H24O4/c1-11-5-15-7-13(3)21(25-20(15)10-18(11)23)14(4)8-16-9-17(22)12(2)6-19(16)24-21/h5-6,9-10,13-14,22-23H,7-8H2,1-4H3. The molecule has 4 nitrogen and oxygen atoms in total. The first kappa shape index (κ1) is 16.1. The Bertz CT molecular complexity index is 784. The summed E-state index contributed by atoms with van der Waals surface area (Å²) in [5, 5.41) is 20.1. The van der Waals surface area contributed by atoms with Gasteiger partial charge in [-0.25, -0.2) is 0 Å². The topological polar surface area (TPSA) is 58.9 Å². The first-order chi connectivity index (χ1) is 11.8. The number of ether oxygens (including phenoxy) is 2. The molecule has 25 heavy (non-hydrogen) atoms. The molecule has 0 radical (unpaired) electrons. The van der Waals surface area contributed by atoms with Gasteiger partial charge in [-0.05, 0) is 67.1 Å². The van der Waals surface area contributed by atoms with E-state index < -0.39 is 5.79 Å². The van der Waals surface area contributed by atoms with E-state index in [-0.39, 0.29) is 17.6 Å². The smallest absolute Gasteiger partial charge is 0.256 e. The molecule has 0 fully saturated rings. The third kappa shape index (κ3) is 2.35. The van der Waals surface area contributed by atoms with Crippen LogP contribution in [0.2, 0.25) is 0 Å². The molecule has 0 saturated heterocycles. The number of fused-ring (bicyclic) bond motifs is 2. The van der Waals surface area contributed by atoms with Crippen molar-refractivity contribution in [1.29, 1.82) is 0 Å². The van der Waals surface area contributed by atoms with E-state index >= 15 is 0 Å². The summed E-state index contributed by atoms with van der Waals surface area (Å²) in [5.74, 6) is 1.55. The molecule has 0 amide bonds. The van der Waals surface area contributed by atoms with Gasteiger partial charge in [0.15, 0.2) is 0 Å². The van der Waals surface area contributed by atoms with Gasteiger partial charge in [-0.2, -0.15) is 0 Å². The van der Waals surface area contributed by atoms with Crippen LogP contribution in [0.3, 0.4) is 0 Å². The highest BCUT2D eigenvalue weighted by Crippen LogP contribution is 2.49. The highest BCUT2D eigenvalue weighted by molar-refractivity contribution is 5.49. The summed E-state index contributed by atoms with van der Waals surface area (Å²) in [5.41, 5.74) is 3.77. The van der Waals surface area contributed by atoms with E-state index in [0.717, 1.165) is 40.8 Å². The number of aromatic hydroxyl groups is 2. The second-order valence-electron chi connectivity index (χ2n) is 7.63. The second kappa shape index (κ2) is 5.32. The van der Waals surface area contributed by atoms with Crippen molar-refractivity contribution in [3.8, 4) is 23.0 Å². The molecular formula is C21H24O4. The van der Waals surface area contributed by atoms with Gasteiger partial charge >= 0.3 is 0 Å². The van der Waals surface area contributed by atoms with Crippen LogP contribution in [0.4, 0.5) is 0 Å². The Morgan fingerprint density at radius 1 is 0.800 bits per heavy atom. The van der Waals surface area contributed by atoms with Crippen molar-refractivity contribution >= 4 is 0 Å². The van der Waals surface area contributed by atoms with Gasteiger partial charge in [0.05, 0.1) is 0 Å². The lowest BCUT2D eigenvalue weighted by atomic mass is 9.77. The Labute approximate surface area is 148 Å². The van der Waals surface area contributed by atoms with Crippen LogP contribution in [0.15, 0.2) is 24.3 Å². The lowest BCUT2D eigenvalue weighted by molar-refractivity contribution is -0.202. The molecule has 0 aromatic heterocycles. The van der Waals surface area contributed by atoms with Gasteiger partial charge in [0.25, 0.3) is 5.79 Å². The zero-order chi connectivity index (χ0) is 17.9. The Morgan fingerprint density at radius 2 is 1.28 bits per heavy atom. The third-order valence-electron chi connectivity index (χ3n) is 5.72. The Hall–Kier alpha value is -2.36. The van der Waals surface area contributed by atoms with Gasteiger partial charge in [0.1, 0.15) is 23.0 Å². The van der Waals surface area contributed by atoms with Crippen molar-refractivity contribution in [2.24, 2.45) is 11.8 Å². The lowest BCUT2D eigenvalue weighted by Gasteiger charge is -2.49. The SMILES string of the molecule is Cc1cc2c(cc1O)CC(C)C1(O2)Oc2cc(O)c(C)cc2CC1C. The van der Waals surface area contributed by atoms with E-state index in [1.807, 2.05) is 26.0 Å². The zero-order valence-electron chi connectivity index (χ0n) is 15.1. The van der Waals surface area contributed by atoms with Gasteiger partial charge in [-0.3, -0.25) is 0 Å². The van der Waals surface area contributed by atoms with Crippen molar-refractivity contribution in [2.45, 2.75) is 46.3 Å². The number of hydrogen-bond donors (Lipinski definition) is 2. The van der Waals surface area contributed by atoms with E-state index in [9.17, 15) is 10.2 Å². The molecule has 4 rings (SSSR count). The predicted octanol–water partition coefficient (Wildman–Crippen LogP) is 4.25. The normalized spacial score (nSPS) is 27.2. The van der Waals surface area contributed by atoms with Crippen molar-refractivity contribution in [2.75, 3.05) is 0 Å². The summed E-state index contributed by atoms with van der Waals surface area (Å²) in [6, 6.07) is 7.38. The maximum absolute atomic E-state index is 10.1. The number of hydrogen-bond acceptors (Lipinski definition) is 4. The molecule has 2 aliphatic rings. The highest BCUT2D eigenvalue weighted by Gasteiger charge is 2.52. The minimum atomic E-state index is -0.759. The molecule has 0 aliphatic carbocycles. The fourth-order valence-corrected chi connectivity index (χ4v) is 4.16. The average Bonchev–Trinajstić information content (AvgIpc) is 2.54. The van der Waals surface area contributed by atoms with Gasteiger partial charge in [-0.1, -0.05) is 13.8 Å². The van der Waals surface area contributed by atoms with Crippen LogP contribution in [-0.4, -0.2) is 16.0 Å². The fraction of sp³-hybridized carbons (Fsp3) is 0.429. The molecule has 2 N–H and O–H groups in total. The van der Waals surface area contributed by atoms with Crippen LogP contribution in [-0.2, 0) is 12.8 Å². The molecule has 3 unspecified atom stereocenters. The first-order valence-electron chi connectivity index (χ1n) is 8.83. The largest absolute Gasteiger partial charge is 0.508 e. The number of rotatable bonds is 0. The van der Waals surface area contributed by atoms with E-state index in [4.69, 9.17) is 9.47 Å². The Kier molecular flexibility index (Phi) is 3.43. The second-order valence-corrected chi connectivity index (χ2v) is 7.63. The molecule has 0 bridgehead atoms. The number of phenolic OH excluding ortho intramolecular Hbond substituents is 2. The van der Waals surface area contributed by atoms with Crippen molar-refractivity contribution in [3.63, 3.8) is 0 Å². The molecule has 2 aromatic carbocycles. The Balaban J connectivity index is 1.78. The van der Waals surface area contributed by atoms with Crippen LogP contribution < -0.4 is 9.47 Å². The van der Waals surface area contributed by atoms with E-state index in [1.165, 1.54) is 0 Å². The molecule has 0 saturated carbocycles. The Morgan fingerprint density at radius 3 is 1.92 bits per heavy atom. The predicted molar refractivity (Wildman–Crippen MR) is 95.4 cm³/mol. The van der Waals surface area contributed by atoms with Crippen molar-refractivity contribution in [1.82, 2.24) is 0 Å². The maximum atomic E-state index is 10.1. The molecular weight excluding hydrogens is 316 g/mol. The zero-order valence-corrected chi connectivity index (χ0v) is 15.1. The summed E-state index contributed by atoms with van der Waals surface area (Å²) in [7, 11) is 0. The quantitative estimate of drug-likeness (QED) is 0.752. The number of aryl methyl sites for hydroxylation is 2.